The summed E-state index contributed by atoms with van der Waals surface area (Å²) in [5.41, 5.74) is 3.76. The van der Waals surface area contributed by atoms with E-state index in [4.69, 9.17) is 4.42 Å². The highest BCUT2D eigenvalue weighted by atomic mass is 16.4. The van der Waals surface area contributed by atoms with Crippen molar-refractivity contribution in [1.29, 1.82) is 0 Å². The Kier molecular flexibility index (Phi) is 4.29. The van der Waals surface area contributed by atoms with Crippen molar-refractivity contribution in [1.82, 2.24) is 24.6 Å². The van der Waals surface area contributed by atoms with E-state index in [-0.39, 0.29) is 12.5 Å². The summed E-state index contributed by atoms with van der Waals surface area (Å²) in [4.78, 5) is 28.5. The van der Waals surface area contributed by atoms with Gasteiger partial charge >= 0.3 is 5.76 Å². The van der Waals surface area contributed by atoms with Crippen LogP contribution in [0, 0.1) is 0 Å². The van der Waals surface area contributed by atoms with Crippen molar-refractivity contribution in [3.05, 3.63) is 71.1 Å². The lowest BCUT2D eigenvalue weighted by Gasteiger charge is -2.08. The van der Waals surface area contributed by atoms with Gasteiger partial charge in [-0.25, -0.2) is 4.79 Å². The van der Waals surface area contributed by atoms with Crippen LogP contribution >= 0.6 is 0 Å². The van der Waals surface area contributed by atoms with Crippen LogP contribution in [0.2, 0.25) is 0 Å². The van der Waals surface area contributed by atoms with E-state index < -0.39 is 5.76 Å². The van der Waals surface area contributed by atoms with Crippen LogP contribution in [0.5, 0.6) is 0 Å². The van der Waals surface area contributed by atoms with Crippen LogP contribution in [-0.2, 0) is 24.9 Å². The van der Waals surface area contributed by atoms with Gasteiger partial charge in [0, 0.05) is 37.7 Å². The van der Waals surface area contributed by atoms with Crippen LogP contribution in [-0.4, -0.2) is 25.2 Å². The molecule has 8 nitrogen and oxygen atoms in total. The van der Waals surface area contributed by atoms with Gasteiger partial charge in [-0.2, -0.15) is 5.10 Å². The molecular formula is C19H17N5O3. The van der Waals surface area contributed by atoms with Crippen molar-refractivity contribution >= 4 is 17.0 Å². The molecule has 4 rings (SSSR count). The zero-order valence-corrected chi connectivity index (χ0v) is 14.6. The Bertz CT molecular complexity index is 1170. The third-order valence-electron chi connectivity index (χ3n) is 4.28. The van der Waals surface area contributed by atoms with E-state index in [2.05, 4.69) is 15.4 Å². The number of rotatable bonds is 5. The molecule has 3 aromatic heterocycles. The number of aromatic nitrogens is 4. The molecule has 0 saturated carbocycles. The minimum Gasteiger partial charge on any atom is -0.408 e. The summed E-state index contributed by atoms with van der Waals surface area (Å²) in [5, 5.41) is 6.96. The lowest BCUT2D eigenvalue weighted by Crippen LogP contribution is -2.30. The van der Waals surface area contributed by atoms with Gasteiger partial charge in [0.25, 0.3) is 0 Å². The summed E-state index contributed by atoms with van der Waals surface area (Å²) in [6.45, 7) is 0.201. The highest BCUT2D eigenvalue weighted by Crippen LogP contribution is 2.18. The van der Waals surface area contributed by atoms with Crippen LogP contribution in [0.1, 0.15) is 5.56 Å². The lowest BCUT2D eigenvalue weighted by molar-refractivity contribution is -0.121. The topological polar surface area (TPSA) is 95.0 Å². The van der Waals surface area contributed by atoms with Crippen molar-refractivity contribution in [2.75, 3.05) is 0 Å². The van der Waals surface area contributed by atoms with E-state index in [1.54, 1.807) is 47.5 Å². The predicted molar refractivity (Wildman–Crippen MR) is 98.8 cm³/mol. The number of carbonyl (C=O) groups excluding carboxylic acids is 1. The molecule has 136 valence electrons. The summed E-state index contributed by atoms with van der Waals surface area (Å²) >= 11 is 0. The molecule has 0 unspecified atom stereocenters. The number of carbonyl (C=O) groups is 1. The maximum atomic E-state index is 12.3. The molecule has 8 heteroatoms. The molecule has 0 saturated heterocycles. The number of benzene rings is 1. The van der Waals surface area contributed by atoms with E-state index in [0.29, 0.717) is 17.6 Å². The van der Waals surface area contributed by atoms with E-state index in [9.17, 15) is 9.59 Å². The molecular weight excluding hydrogens is 346 g/mol. The molecule has 0 radical (unpaired) electrons. The normalized spacial score (nSPS) is 11.0. The summed E-state index contributed by atoms with van der Waals surface area (Å²) in [6, 6.07) is 10.9. The lowest BCUT2D eigenvalue weighted by atomic mass is 10.1. The number of nitrogens with one attached hydrogen (secondary N) is 1. The highest BCUT2D eigenvalue weighted by molar-refractivity contribution is 5.79. The third-order valence-corrected chi connectivity index (χ3v) is 4.28. The molecule has 0 spiro atoms. The van der Waals surface area contributed by atoms with Crippen molar-refractivity contribution in [2.45, 2.75) is 13.1 Å². The Morgan fingerprint density at radius 3 is 2.89 bits per heavy atom. The van der Waals surface area contributed by atoms with Gasteiger partial charge in [-0.3, -0.25) is 19.0 Å². The van der Waals surface area contributed by atoms with Gasteiger partial charge in [0.15, 0.2) is 5.58 Å². The number of amides is 1. The van der Waals surface area contributed by atoms with E-state index in [0.717, 1.165) is 16.8 Å². The smallest absolute Gasteiger partial charge is 0.408 e. The van der Waals surface area contributed by atoms with Crippen LogP contribution < -0.4 is 11.1 Å². The predicted octanol–water partition coefficient (Wildman–Crippen LogP) is 1.71. The monoisotopic (exact) mass is 363 g/mol. The molecule has 1 N–H and O–H groups in total. The Hall–Kier alpha value is -3.68. The van der Waals surface area contributed by atoms with Gasteiger partial charge in [0.05, 0.1) is 11.2 Å². The average molecular weight is 363 g/mol. The van der Waals surface area contributed by atoms with Gasteiger partial charge in [0.2, 0.25) is 5.91 Å². The first-order chi connectivity index (χ1) is 13.1. The van der Waals surface area contributed by atoms with Gasteiger partial charge in [0.1, 0.15) is 6.54 Å². The fourth-order valence-electron chi connectivity index (χ4n) is 2.95. The van der Waals surface area contributed by atoms with Crippen molar-refractivity contribution < 1.29 is 9.21 Å². The second-order valence-electron chi connectivity index (χ2n) is 6.12. The van der Waals surface area contributed by atoms with Gasteiger partial charge in [-0.15, -0.1) is 0 Å². The van der Waals surface area contributed by atoms with E-state index in [1.807, 2.05) is 19.2 Å². The molecule has 0 aliphatic rings. The van der Waals surface area contributed by atoms with E-state index in [1.165, 1.54) is 4.57 Å². The number of aryl methyl sites for hydroxylation is 1. The second-order valence-corrected chi connectivity index (χ2v) is 6.12. The van der Waals surface area contributed by atoms with Crippen molar-refractivity contribution in [2.24, 2.45) is 7.05 Å². The SMILES string of the molecule is Cn1nccc1-c1cncc(CNC(=O)Cn2c(=O)oc3ccccc32)c1. The van der Waals surface area contributed by atoms with Crippen LogP contribution in [0.3, 0.4) is 0 Å². The number of pyridine rings is 1. The Balaban J connectivity index is 1.46. The quantitative estimate of drug-likeness (QED) is 0.582. The molecule has 27 heavy (non-hydrogen) atoms. The summed E-state index contributed by atoms with van der Waals surface area (Å²) in [7, 11) is 1.86. The Labute approximate surface area is 154 Å². The molecule has 0 atom stereocenters. The molecule has 1 amide bonds. The van der Waals surface area contributed by atoms with Crippen molar-refractivity contribution in [3.63, 3.8) is 0 Å². The first kappa shape index (κ1) is 16.8. The maximum Gasteiger partial charge on any atom is 0.420 e. The zero-order chi connectivity index (χ0) is 18.8. The standard InChI is InChI=1S/C19H17N5O3/c1-23-15(6-7-22-23)14-8-13(9-20-11-14)10-21-18(25)12-24-16-4-2-3-5-17(16)27-19(24)26/h2-9,11H,10,12H2,1H3,(H,21,25). The van der Waals surface area contributed by atoms with Crippen molar-refractivity contribution in [3.8, 4) is 11.3 Å². The second kappa shape index (κ2) is 6.91. The Morgan fingerprint density at radius 2 is 2.07 bits per heavy atom. The molecule has 1 aromatic carbocycles. The summed E-state index contributed by atoms with van der Waals surface area (Å²) in [5.74, 6) is -0.833. The largest absolute Gasteiger partial charge is 0.420 e. The molecule has 0 fully saturated rings. The molecule has 3 heterocycles. The first-order valence-corrected chi connectivity index (χ1v) is 8.39. The number of hydrogen-bond donors (Lipinski definition) is 1. The fraction of sp³-hybridized carbons (Fsp3) is 0.158. The molecule has 0 aliphatic carbocycles. The van der Waals surface area contributed by atoms with Crippen LogP contribution in [0.4, 0.5) is 0 Å². The van der Waals surface area contributed by atoms with E-state index >= 15 is 0 Å². The maximum absolute atomic E-state index is 12.3. The minimum absolute atomic E-state index is 0.106. The van der Waals surface area contributed by atoms with Gasteiger partial charge in [-0.05, 0) is 29.8 Å². The zero-order valence-electron chi connectivity index (χ0n) is 14.6. The molecule has 0 bridgehead atoms. The molecule has 0 aliphatic heterocycles. The number of para-hydroxylation sites is 2. The number of oxazole rings is 1. The number of hydrogen-bond acceptors (Lipinski definition) is 5. The highest BCUT2D eigenvalue weighted by Gasteiger charge is 2.12. The fourth-order valence-corrected chi connectivity index (χ4v) is 2.95. The Morgan fingerprint density at radius 1 is 1.22 bits per heavy atom. The van der Waals surface area contributed by atoms with Crippen LogP contribution in [0.25, 0.3) is 22.4 Å². The number of fused-ring (bicyclic) bond motifs is 1. The van der Waals surface area contributed by atoms with Gasteiger partial charge < -0.3 is 9.73 Å². The first-order valence-electron chi connectivity index (χ1n) is 8.39. The third kappa shape index (κ3) is 3.37. The average Bonchev–Trinajstić information content (AvgIpc) is 3.24. The minimum atomic E-state index is -0.550. The number of nitrogens with zero attached hydrogens (tertiary/aromatic N) is 4. The molecule has 4 aromatic rings. The summed E-state index contributed by atoms with van der Waals surface area (Å²) < 4.78 is 8.21. The van der Waals surface area contributed by atoms with Crippen LogP contribution in [0.15, 0.2) is 64.2 Å². The summed E-state index contributed by atoms with van der Waals surface area (Å²) in [6.07, 6.45) is 5.16. The van der Waals surface area contributed by atoms with Gasteiger partial charge in [-0.1, -0.05) is 12.1 Å².